The minimum Gasteiger partial charge on any atom is -0.412 e. The zero-order valence-electron chi connectivity index (χ0n) is 46.9. The molecule has 0 aromatic heterocycles. The molecular weight excluding hydrogens is 4500 g/mol. The number of hydrogen-bond acceptors (Lipinski definition) is 0. The van der Waals surface area contributed by atoms with Crippen LogP contribution in [0.25, 0.3) is 0 Å². The van der Waals surface area contributed by atoms with Gasteiger partial charge < -0.3 is 340 Å². The van der Waals surface area contributed by atoms with E-state index in [0.29, 0.717) is 0 Å². The molecular formula is H130K7O62P2TiW17. The zero-order valence-corrected chi connectivity index (χ0v) is 123. The Kier molecular flexibility index (Phi) is 81600. The second-order valence-electron chi connectivity index (χ2n) is 0. The smallest absolute Gasteiger partial charge is 0 e. The molecule has 0 aromatic carbocycles. The van der Waals surface area contributed by atoms with E-state index < -0.39 is 0 Å². The van der Waals surface area contributed by atoms with Crippen LogP contribution in [0.4, 0.5) is 0 Å². The van der Waals surface area contributed by atoms with Crippen molar-refractivity contribution < 1.29 is 719 Å². The minimum absolute atomic E-state index is 0. The van der Waals surface area contributed by atoms with Crippen LogP contribution in [0.3, 0.4) is 0 Å². The maximum atomic E-state index is 0. The van der Waals surface area contributed by atoms with Crippen LogP contribution in [-0.4, -0.2) is 699 Å². The topological polar surface area (TPSA) is 1950 Å². The molecule has 7 radical (unpaired) electrons. The molecule has 2 unspecified atom stereocenters. The molecule has 0 saturated heterocycles. The minimum atomic E-state index is 0. The molecule has 62 nitrogen and oxygen atoms in total. The van der Waals surface area contributed by atoms with Crippen molar-refractivity contribution in [2.75, 3.05) is 0 Å². The number of hydrogen-bond donors (Lipinski definition) is 0. The molecule has 0 aromatic rings. The molecule has 0 heterocycles. The Balaban J connectivity index is 0. The molecule has 0 amide bonds. The summed E-state index contributed by atoms with van der Waals surface area (Å²) in [4.78, 5) is 0. The van der Waals surface area contributed by atoms with Crippen LogP contribution in [0.1, 0.15) is 0 Å². The van der Waals surface area contributed by atoms with Crippen LogP contribution < -0.4 is 0 Å². The van der Waals surface area contributed by atoms with Crippen molar-refractivity contribution in [3.05, 3.63) is 0 Å². The molecule has 0 saturated carbocycles. The monoisotopic (exact) mass is 4630 g/mol. The molecule has 2 atom stereocenters. The quantitative estimate of drug-likeness (QED) is 0.161. The van der Waals surface area contributed by atoms with Gasteiger partial charge in [-0.2, -0.15) is 19.8 Å². The van der Waals surface area contributed by atoms with E-state index in [9.17, 15) is 0 Å². The van der Waals surface area contributed by atoms with Crippen molar-refractivity contribution >= 4 is 379 Å². The third-order valence-electron chi connectivity index (χ3n) is 0. The van der Waals surface area contributed by atoms with Crippen LogP contribution in [0.15, 0.2) is 0 Å². The van der Waals surface area contributed by atoms with Gasteiger partial charge in [-0.15, -0.1) is 0 Å². The van der Waals surface area contributed by atoms with E-state index in [1.165, 1.54) is 0 Å². The molecule has 0 aliphatic heterocycles. The molecule has 0 aliphatic rings. The maximum Gasteiger partial charge on any atom is 0 e. The fourth-order valence-corrected chi connectivity index (χ4v) is 0. The third kappa shape index (κ3) is 2610. The number of rotatable bonds is 0. The van der Waals surface area contributed by atoms with Gasteiger partial charge in [0, 0.05) is 740 Å². The predicted molar refractivity (Wildman–Crippen MR) is 287 cm³/mol. The largest absolute Gasteiger partial charge is 0.412 e. The van der Waals surface area contributed by atoms with Gasteiger partial charge in [-0.3, -0.25) is 0 Å². The fraction of sp³-hybridized carbons (Fsp3) is 0. The normalized spacial score (nSPS) is 0. The average molecular weight is 4630 g/mol. The van der Waals surface area contributed by atoms with Gasteiger partial charge in [0.1, 0.15) is 0 Å². The molecule has 625 valence electrons. The summed E-state index contributed by atoms with van der Waals surface area (Å²) in [5.41, 5.74) is 0. The Hall–Kier alpha value is 22.3. The molecule has 89 heavy (non-hydrogen) atoms. The van der Waals surface area contributed by atoms with Crippen LogP contribution >= 0.6 is 19.8 Å². The van der Waals surface area contributed by atoms with Crippen LogP contribution in [0.2, 0.25) is 0 Å². The Morgan fingerprint density at radius 1 is 0.0562 bits per heavy atom. The van der Waals surface area contributed by atoms with Crippen molar-refractivity contribution in [1.29, 1.82) is 0 Å². The van der Waals surface area contributed by atoms with Crippen LogP contribution in [-0.2, 0) is 380 Å². The summed E-state index contributed by atoms with van der Waals surface area (Å²) in [6, 6.07) is 0. The van der Waals surface area contributed by atoms with Crippen molar-refractivity contribution in [2.45, 2.75) is 0 Å². The van der Waals surface area contributed by atoms with E-state index in [4.69, 9.17) is 0 Å². The van der Waals surface area contributed by atoms with Gasteiger partial charge in [-0.05, 0) is 0 Å². The van der Waals surface area contributed by atoms with Gasteiger partial charge in [-0.25, -0.2) is 0 Å². The van der Waals surface area contributed by atoms with E-state index in [-0.39, 0.29) is 1100 Å². The average Bonchev–Trinajstić information content (AvgIpc) is 0. The zero-order chi connectivity index (χ0) is 0. The summed E-state index contributed by atoms with van der Waals surface area (Å²) in [5, 5.41) is 0. The van der Waals surface area contributed by atoms with Crippen LogP contribution in [0.5, 0.6) is 0 Å². The van der Waals surface area contributed by atoms with E-state index in [0.717, 1.165) is 0 Å². The first-order chi connectivity index (χ1) is 0. The molecule has 89 heteroatoms. The van der Waals surface area contributed by atoms with Gasteiger partial charge in [0.15, 0.2) is 0 Å². The molecule has 0 spiro atoms. The van der Waals surface area contributed by atoms with Crippen molar-refractivity contribution in [1.82, 2.24) is 0 Å². The van der Waals surface area contributed by atoms with Gasteiger partial charge in [0.05, 0.1) is 0 Å². The molecule has 0 fully saturated rings. The SMILES string of the molecule is O.O.O.O.O.O.O.O.O.O.O.O.O.O.O.O.O.O.O.O.O.O.O.O.O.O.O.O.O.O.O.O.O.O.O.O.O.O.O.O.O.O.O.O.O.O.O.O.O.O.O.O.O.O.O.O.O.O.O.O.O.O.P.P.[K].[K].[K].[K].[K].[K].[K].[Ti].[W].[W].[W].[W].[W].[W].[W].[W].[W].[W].[W].[W].[W].[W].[W].[W].[W]. The second kappa shape index (κ2) is 2660. The summed E-state index contributed by atoms with van der Waals surface area (Å²) < 4.78 is 0. The van der Waals surface area contributed by atoms with Crippen molar-refractivity contribution in [2.24, 2.45) is 0 Å². The van der Waals surface area contributed by atoms with E-state index in [1.54, 1.807) is 0 Å². The maximum absolute atomic E-state index is 0. The summed E-state index contributed by atoms with van der Waals surface area (Å²) in [5.74, 6) is 0. The molecule has 124 N–H and O–H groups in total. The first-order valence-electron chi connectivity index (χ1n) is 0. The third-order valence-corrected chi connectivity index (χ3v) is 0. The molecule has 0 bridgehead atoms. The van der Waals surface area contributed by atoms with Crippen molar-refractivity contribution in [3.63, 3.8) is 0 Å². The van der Waals surface area contributed by atoms with Gasteiger partial charge in [0.25, 0.3) is 0 Å². The molecule has 0 aliphatic carbocycles. The Morgan fingerprint density at radius 3 is 0.0562 bits per heavy atom. The predicted octanol–water partition coefficient (Wildman–Crippen LogP) is -53.7. The Morgan fingerprint density at radius 2 is 0.0562 bits per heavy atom. The summed E-state index contributed by atoms with van der Waals surface area (Å²) in [6.45, 7) is 0. The first-order valence-corrected chi connectivity index (χ1v) is 0. The second-order valence-corrected chi connectivity index (χ2v) is 0. The van der Waals surface area contributed by atoms with E-state index in [1.807, 2.05) is 0 Å². The van der Waals surface area contributed by atoms with Gasteiger partial charge in [-0.1, -0.05) is 0 Å². The Labute approximate surface area is 1070 Å². The van der Waals surface area contributed by atoms with Gasteiger partial charge >= 0.3 is 0 Å². The van der Waals surface area contributed by atoms with Crippen molar-refractivity contribution in [3.8, 4) is 0 Å². The van der Waals surface area contributed by atoms with E-state index in [2.05, 4.69) is 0 Å². The standard InChI is InChI=1S/7K.62H2O.2H3P.Ti.17W/h;;;;;;;62*1H2;2*1H3;;;;;;;;;;;;;;;;;;. The van der Waals surface area contributed by atoms with Gasteiger partial charge in [0.2, 0.25) is 0 Å². The summed E-state index contributed by atoms with van der Waals surface area (Å²) in [6.07, 6.45) is 0. The summed E-state index contributed by atoms with van der Waals surface area (Å²) >= 11 is 0. The molecule has 0 rings (SSSR count). The fourth-order valence-electron chi connectivity index (χ4n) is 0. The Bertz CT molecular complexity index is 116. The van der Waals surface area contributed by atoms with E-state index >= 15 is 0 Å². The van der Waals surface area contributed by atoms with Crippen LogP contribution in [0, 0.1) is 0 Å². The summed E-state index contributed by atoms with van der Waals surface area (Å²) in [7, 11) is 0. The first kappa shape index (κ1) is 2730.